The number of nitrogens with zero attached hydrogens (tertiary/aromatic N) is 2. The summed E-state index contributed by atoms with van der Waals surface area (Å²) < 4.78 is 21.8. The van der Waals surface area contributed by atoms with E-state index in [1.54, 1.807) is 14.2 Å². The van der Waals surface area contributed by atoms with E-state index in [9.17, 15) is 0 Å². The second kappa shape index (κ2) is 9.87. The third-order valence-corrected chi connectivity index (χ3v) is 4.07. The molecule has 3 aromatic rings. The fraction of sp³-hybridized carbons (Fsp3) is 0.333. The molecule has 1 heterocycles. The van der Waals surface area contributed by atoms with E-state index in [2.05, 4.69) is 34.3 Å². The highest BCUT2D eigenvalue weighted by molar-refractivity contribution is 5.93. The van der Waals surface area contributed by atoms with E-state index in [1.807, 2.05) is 24.3 Å². The van der Waals surface area contributed by atoms with Crippen molar-refractivity contribution in [3.8, 4) is 11.5 Å². The highest BCUT2D eigenvalue weighted by Gasteiger charge is 2.13. The fourth-order valence-electron chi connectivity index (χ4n) is 2.72. The van der Waals surface area contributed by atoms with Crippen LogP contribution in [0, 0.1) is 6.92 Å². The van der Waals surface area contributed by atoms with Crippen molar-refractivity contribution in [2.24, 2.45) is 0 Å². The predicted molar refractivity (Wildman–Crippen MR) is 109 cm³/mol. The molecule has 0 aliphatic heterocycles. The summed E-state index contributed by atoms with van der Waals surface area (Å²) in [5, 5.41) is 4.20. The Hall–Kier alpha value is -2.90. The van der Waals surface area contributed by atoms with E-state index >= 15 is 0 Å². The first kappa shape index (κ1) is 19.9. The normalized spacial score (nSPS) is 10.8. The number of nitrogens with one attached hydrogen (secondary N) is 1. The van der Waals surface area contributed by atoms with Gasteiger partial charge in [-0.1, -0.05) is 12.1 Å². The molecular weight excluding hydrogens is 358 g/mol. The van der Waals surface area contributed by atoms with Gasteiger partial charge in [-0.3, -0.25) is 0 Å². The van der Waals surface area contributed by atoms with Gasteiger partial charge in [0.15, 0.2) is 11.5 Å². The standard InChI is InChI=1S/C21H25N3O4/c1-15-5-4-6-16(11-15)24-21-17-12-19(27-9-7-25-2)20(28-10-8-26-3)13-18(17)22-14-23-21/h4-6,11-14H,7-10H2,1-3H3,(H,22,23,24). The molecule has 0 saturated heterocycles. The third-order valence-electron chi connectivity index (χ3n) is 4.07. The van der Waals surface area contributed by atoms with E-state index in [0.29, 0.717) is 43.7 Å². The predicted octanol–water partition coefficient (Wildman–Crippen LogP) is 3.73. The van der Waals surface area contributed by atoms with E-state index in [4.69, 9.17) is 18.9 Å². The minimum Gasteiger partial charge on any atom is -0.487 e. The van der Waals surface area contributed by atoms with Crippen molar-refractivity contribution in [2.45, 2.75) is 6.92 Å². The zero-order valence-electron chi connectivity index (χ0n) is 16.4. The summed E-state index contributed by atoms with van der Waals surface area (Å²) in [4.78, 5) is 8.80. The second-order valence-corrected chi connectivity index (χ2v) is 6.22. The van der Waals surface area contributed by atoms with Crippen LogP contribution in [0.15, 0.2) is 42.7 Å². The van der Waals surface area contributed by atoms with E-state index in [-0.39, 0.29) is 0 Å². The number of anilines is 2. The average molecular weight is 383 g/mol. The maximum absolute atomic E-state index is 5.87. The molecule has 7 nitrogen and oxygen atoms in total. The first-order valence-corrected chi connectivity index (χ1v) is 9.07. The van der Waals surface area contributed by atoms with Gasteiger partial charge in [0.25, 0.3) is 0 Å². The Labute approximate surface area is 164 Å². The van der Waals surface area contributed by atoms with E-state index < -0.39 is 0 Å². The number of rotatable bonds is 10. The largest absolute Gasteiger partial charge is 0.487 e. The van der Waals surface area contributed by atoms with Gasteiger partial charge in [0.05, 0.1) is 18.7 Å². The summed E-state index contributed by atoms with van der Waals surface area (Å²) in [6.45, 7) is 3.85. The number of aryl methyl sites for hydroxylation is 1. The molecule has 0 atom stereocenters. The molecule has 3 rings (SSSR count). The molecule has 2 aromatic carbocycles. The van der Waals surface area contributed by atoms with Crippen LogP contribution in [0.25, 0.3) is 10.9 Å². The van der Waals surface area contributed by atoms with Crippen molar-refractivity contribution in [1.82, 2.24) is 9.97 Å². The fourth-order valence-corrected chi connectivity index (χ4v) is 2.72. The van der Waals surface area contributed by atoms with Crippen LogP contribution in [0.1, 0.15) is 5.56 Å². The number of ether oxygens (including phenoxy) is 4. The molecule has 0 spiro atoms. The Morgan fingerprint density at radius 1 is 0.857 bits per heavy atom. The molecule has 148 valence electrons. The van der Waals surface area contributed by atoms with Crippen LogP contribution in [-0.2, 0) is 9.47 Å². The zero-order valence-corrected chi connectivity index (χ0v) is 16.4. The van der Waals surface area contributed by atoms with Crippen LogP contribution >= 0.6 is 0 Å². The second-order valence-electron chi connectivity index (χ2n) is 6.22. The molecule has 0 fully saturated rings. The molecule has 0 unspecified atom stereocenters. The van der Waals surface area contributed by atoms with Crippen molar-refractivity contribution in [3.63, 3.8) is 0 Å². The van der Waals surface area contributed by atoms with Gasteiger partial charge in [-0.15, -0.1) is 0 Å². The van der Waals surface area contributed by atoms with Crippen molar-refractivity contribution in [3.05, 3.63) is 48.3 Å². The minimum absolute atomic E-state index is 0.414. The molecule has 1 aromatic heterocycles. The first-order chi connectivity index (χ1) is 13.7. The lowest BCUT2D eigenvalue weighted by Crippen LogP contribution is -2.09. The third kappa shape index (κ3) is 5.09. The summed E-state index contributed by atoms with van der Waals surface area (Å²) in [5.41, 5.74) is 2.89. The Morgan fingerprint density at radius 3 is 2.25 bits per heavy atom. The smallest absolute Gasteiger partial charge is 0.163 e. The summed E-state index contributed by atoms with van der Waals surface area (Å²) in [6, 6.07) is 11.9. The Kier molecular flexibility index (Phi) is 7.00. The van der Waals surface area contributed by atoms with Gasteiger partial charge in [-0.2, -0.15) is 0 Å². The molecule has 0 aliphatic rings. The summed E-state index contributed by atoms with van der Waals surface area (Å²) in [5.74, 6) is 1.93. The van der Waals surface area contributed by atoms with Gasteiger partial charge < -0.3 is 24.3 Å². The van der Waals surface area contributed by atoms with Crippen LogP contribution in [0.2, 0.25) is 0 Å². The van der Waals surface area contributed by atoms with E-state index in [0.717, 1.165) is 16.6 Å². The molecule has 0 radical (unpaired) electrons. The van der Waals surface area contributed by atoms with Crippen molar-refractivity contribution in [1.29, 1.82) is 0 Å². The number of benzene rings is 2. The highest BCUT2D eigenvalue weighted by Crippen LogP contribution is 2.35. The van der Waals surface area contributed by atoms with Gasteiger partial charge in [-0.25, -0.2) is 9.97 Å². The number of aromatic nitrogens is 2. The van der Waals surface area contributed by atoms with Gasteiger partial charge in [0, 0.05) is 31.4 Å². The summed E-state index contributed by atoms with van der Waals surface area (Å²) >= 11 is 0. The molecule has 0 saturated carbocycles. The van der Waals surface area contributed by atoms with Crippen molar-refractivity contribution < 1.29 is 18.9 Å². The molecular formula is C21H25N3O4. The lowest BCUT2D eigenvalue weighted by Gasteiger charge is -2.15. The number of methoxy groups -OCH3 is 2. The molecule has 0 bridgehead atoms. The van der Waals surface area contributed by atoms with Crippen LogP contribution in [-0.4, -0.2) is 50.6 Å². The Morgan fingerprint density at radius 2 is 1.57 bits per heavy atom. The maximum atomic E-state index is 5.87. The maximum Gasteiger partial charge on any atom is 0.163 e. The summed E-state index contributed by atoms with van der Waals surface area (Å²) in [6.07, 6.45) is 1.53. The van der Waals surface area contributed by atoms with Gasteiger partial charge in [-0.05, 0) is 30.7 Å². The number of hydrogen-bond acceptors (Lipinski definition) is 7. The quantitative estimate of drug-likeness (QED) is 0.535. The van der Waals surface area contributed by atoms with Gasteiger partial charge >= 0.3 is 0 Å². The zero-order chi connectivity index (χ0) is 19.8. The lowest BCUT2D eigenvalue weighted by atomic mass is 10.2. The topological polar surface area (TPSA) is 74.7 Å². The molecule has 1 N–H and O–H groups in total. The minimum atomic E-state index is 0.414. The first-order valence-electron chi connectivity index (χ1n) is 9.07. The highest BCUT2D eigenvalue weighted by atomic mass is 16.5. The van der Waals surface area contributed by atoms with Crippen LogP contribution in [0.5, 0.6) is 11.5 Å². The SMILES string of the molecule is COCCOc1cc2ncnc(Nc3cccc(C)c3)c2cc1OCCOC. The van der Waals surface area contributed by atoms with Crippen LogP contribution in [0.4, 0.5) is 11.5 Å². The average Bonchev–Trinajstić information content (AvgIpc) is 2.69. The monoisotopic (exact) mass is 383 g/mol. The Balaban J connectivity index is 1.95. The number of fused-ring (bicyclic) bond motifs is 1. The number of hydrogen-bond donors (Lipinski definition) is 1. The summed E-state index contributed by atoms with van der Waals surface area (Å²) in [7, 11) is 3.27. The van der Waals surface area contributed by atoms with Crippen molar-refractivity contribution in [2.75, 3.05) is 46.0 Å². The molecule has 0 amide bonds. The van der Waals surface area contributed by atoms with Crippen molar-refractivity contribution >= 4 is 22.4 Å². The van der Waals surface area contributed by atoms with Crippen LogP contribution in [0.3, 0.4) is 0 Å². The van der Waals surface area contributed by atoms with Crippen LogP contribution < -0.4 is 14.8 Å². The van der Waals surface area contributed by atoms with Gasteiger partial charge in [0.2, 0.25) is 0 Å². The van der Waals surface area contributed by atoms with E-state index in [1.165, 1.54) is 11.9 Å². The molecule has 28 heavy (non-hydrogen) atoms. The lowest BCUT2D eigenvalue weighted by molar-refractivity contribution is 0.132. The molecule has 0 aliphatic carbocycles. The molecule has 7 heteroatoms. The Bertz CT molecular complexity index is 917. The van der Waals surface area contributed by atoms with Gasteiger partial charge in [0.1, 0.15) is 25.4 Å².